The largest absolute Gasteiger partial charge is 0.481 e. The van der Waals surface area contributed by atoms with Gasteiger partial charge in [-0.05, 0) is 56.1 Å². The van der Waals surface area contributed by atoms with Gasteiger partial charge >= 0.3 is 0 Å². The number of carbonyl (C=O) groups excluding carboxylic acids is 1. The van der Waals surface area contributed by atoms with Crippen molar-refractivity contribution in [1.82, 2.24) is 10.2 Å². The Balaban J connectivity index is 1.45. The van der Waals surface area contributed by atoms with Gasteiger partial charge in [-0.15, -0.1) is 0 Å². The van der Waals surface area contributed by atoms with Crippen LogP contribution in [0.2, 0.25) is 0 Å². The second-order valence-electron chi connectivity index (χ2n) is 6.59. The monoisotopic (exact) mass is 338 g/mol. The van der Waals surface area contributed by atoms with E-state index < -0.39 is 6.10 Å². The molecule has 1 aliphatic heterocycles. The lowest BCUT2D eigenvalue weighted by molar-refractivity contribution is -0.127. The maximum atomic E-state index is 12.2. The number of nitrogens with zero attached hydrogens (tertiary/aromatic N) is 1. The topological polar surface area (TPSA) is 41.6 Å². The van der Waals surface area contributed by atoms with Gasteiger partial charge in [-0.3, -0.25) is 9.69 Å². The molecule has 0 unspecified atom stereocenters. The van der Waals surface area contributed by atoms with Crippen LogP contribution >= 0.6 is 0 Å². The number of hydrogen-bond acceptors (Lipinski definition) is 3. The van der Waals surface area contributed by atoms with Crippen LogP contribution in [0.15, 0.2) is 54.6 Å². The number of benzene rings is 2. The number of carbonyl (C=O) groups is 1. The van der Waals surface area contributed by atoms with Crippen LogP contribution in [0.25, 0.3) is 0 Å². The fraction of sp³-hybridized carbons (Fsp3) is 0.381. The van der Waals surface area contributed by atoms with E-state index in [-0.39, 0.29) is 5.91 Å². The number of nitrogens with one attached hydrogen (secondary N) is 1. The molecule has 1 saturated heterocycles. The Labute approximate surface area is 149 Å². The first-order valence-electron chi connectivity index (χ1n) is 9.00. The number of likely N-dealkylation sites (tertiary alicyclic amines) is 1. The normalized spacial score (nSPS) is 15.7. The second kappa shape index (κ2) is 8.67. The van der Waals surface area contributed by atoms with E-state index in [4.69, 9.17) is 4.74 Å². The summed E-state index contributed by atoms with van der Waals surface area (Å²) in [6.45, 7) is 5.72. The zero-order valence-corrected chi connectivity index (χ0v) is 14.8. The van der Waals surface area contributed by atoms with Crippen LogP contribution in [0, 0.1) is 0 Å². The first-order chi connectivity index (χ1) is 12.2. The van der Waals surface area contributed by atoms with E-state index in [2.05, 4.69) is 34.5 Å². The van der Waals surface area contributed by atoms with Crippen LogP contribution in [-0.4, -0.2) is 30.0 Å². The van der Waals surface area contributed by atoms with Crippen molar-refractivity contribution in [3.05, 3.63) is 65.7 Å². The number of hydrogen-bond donors (Lipinski definition) is 1. The Hall–Kier alpha value is -2.33. The lowest BCUT2D eigenvalue weighted by Crippen LogP contribution is -2.35. The van der Waals surface area contributed by atoms with Crippen molar-refractivity contribution in [3.8, 4) is 5.75 Å². The summed E-state index contributed by atoms with van der Waals surface area (Å²) in [6.07, 6.45) is 2.11. The molecule has 0 aliphatic carbocycles. The highest BCUT2D eigenvalue weighted by atomic mass is 16.5. The average Bonchev–Trinajstić information content (AvgIpc) is 3.14. The van der Waals surface area contributed by atoms with E-state index >= 15 is 0 Å². The van der Waals surface area contributed by atoms with Crippen LogP contribution in [0.5, 0.6) is 5.75 Å². The zero-order valence-electron chi connectivity index (χ0n) is 14.8. The van der Waals surface area contributed by atoms with Crippen molar-refractivity contribution in [2.24, 2.45) is 0 Å². The van der Waals surface area contributed by atoms with Gasteiger partial charge in [-0.2, -0.15) is 0 Å². The Morgan fingerprint density at radius 2 is 1.68 bits per heavy atom. The molecular formula is C21H26N2O2. The molecule has 4 heteroatoms. The van der Waals surface area contributed by atoms with E-state index in [9.17, 15) is 4.79 Å². The summed E-state index contributed by atoms with van der Waals surface area (Å²) in [5.74, 6) is 0.599. The van der Waals surface area contributed by atoms with Gasteiger partial charge in [0.15, 0.2) is 6.10 Å². The van der Waals surface area contributed by atoms with Crippen molar-refractivity contribution in [3.63, 3.8) is 0 Å². The smallest absolute Gasteiger partial charge is 0.261 e. The molecule has 0 radical (unpaired) electrons. The maximum absolute atomic E-state index is 12.2. The number of rotatable bonds is 7. The number of para-hydroxylation sites is 1. The zero-order chi connectivity index (χ0) is 17.5. The van der Waals surface area contributed by atoms with Crippen molar-refractivity contribution < 1.29 is 9.53 Å². The Morgan fingerprint density at radius 3 is 2.36 bits per heavy atom. The highest BCUT2D eigenvalue weighted by Gasteiger charge is 2.14. The molecule has 25 heavy (non-hydrogen) atoms. The molecule has 0 aromatic heterocycles. The highest BCUT2D eigenvalue weighted by Crippen LogP contribution is 2.14. The van der Waals surface area contributed by atoms with Crippen molar-refractivity contribution >= 4 is 5.91 Å². The third-order valence-electron chi connectivity index (χ3n) is 4.52. The molecule has 1 atom stereocenters. The molecular weight excluding hydrogens is 312 g/mol. The van der Waals surface area contributed by atoms with E-state index in [0.29, 0.717) is 12.3 Å². The minimum Gasteiger partial charge on any atom is -0.481 e. The molecule has 1 aliphatic rings. The summed E-state index contributed by atoms with van der Waals surface area (Å²) in [4.78, 5) is 14.7. The second-order valence-corrected chi connectivity index (χ2v) is 6.59. The van der Waals surface area contributed by atoms with Crippen LogP contribution in [0.4, 0.5) is 0 Å². The van der Waals surface area contributed by atoms with Crippen LogP contribution in [0.1, 0.15) is 30.9 Å². The van der Waals surface area contributed by atoms with Crippen molar-refractivity contribution in [2.75, 3.05) is 13.1 Å². The predicted octanol–water partition coefficient (Wildman–Crippen LogP) is 3.37. The lowest BCUT2D eigenvalue weighted by atomic mass is 10.1. The molecule has 1 amide bonds. The quantitative estimate of drug-likeness (QED) is 0.842. The molecule has 1 fully saturated rings. The molecule has 0 bridgehead atoms. The van der Waals surface area contributed by atoms with Gasteiger partial charge in [0.1, 0.15) is 5.75 Å². The van der Waals surface area contributed by atoms with Gasteiger partial charge in [0.2, 0.25) is 0 Å². The lowest BCUT2D eigenvalue weighted by Gasteiger charge is -2.16. The van der Waals surface area contributed by atoms with Gasteiger partial charge in [0.25, 0.3) is 5.91 Å². The molecule has 4 nitrogen and oxygen atoms in total. The van der Waals surface area contributed by atoms with Crippen LogP contribution in [-0.2, 0) is 17.9 Å². The minimum absolute atomic E-state index is 0.106. The summed E-state index contributed by atoms with van der Waals surface area (Å²) in [5.41, 5.74) is 2.43. The highest BCUT2D eigenvalue weighted by molar-refractivity contribution is 5.80. The van der Waals surface area contributed by atoms with Crippen molar-refractivity contribution in [2.45, 2.75) is 39.0 Å². The van der Waals surface area contributed by atoms with Gasteiger partial charge in [-0.25, -0.2) is 0 Å². The summed E-state index contributed by atoms with van der Waals surface area (Å²) in [5, 5.41) is 2.94. The first-order valence-corrected chi connectivity index (χ1v) is 9.00. The summed E-state index contributed by atoms with van der Waals surface area (Å²) in [7, 11) is 0. The maximum Gasteiger partial charge on any atom is 0.261 e. The molecule has 2 aromatic carbocycles. The van der Waals surface area contributed by atoms with E-state index in [1.54, 1.807) is 6.92 Å². The third-order valence-corrected chi connectivity index (χ3v) is 4.52. The Bertz CT molecular complexity index is 664. The average molecular weight is 338 g/mol. The molecule has 2 aromatic rings. The van der Waals surface area contributed by atoms with Crippen LogP contribution in [0.3, 0.4) is 0 Å². The summed E-state index contributed by atoms with van der Waals surface area (Å²) in [6, 6.07) is 17.9. The van der Waals surface area contributed by atoms with E-state index in [1.165, 1.54) is 31.5 Å². The Morgan fingerprint density at radius 1 is 1.04 bits per heavy atom. The van der Waals surface area contributed by atoms with Gasteiger partial charge in [0.05, 0.1) is 0 Å². The number of ether oxygens (including phenoxy) is 1. The van der Waals surface area contributed by atoms with Crippen LogP contribution < -0.4 is 10.1 Å². The first kappa shape index (κ1) is 17.5. The molecule has 132 valence electrons. The fourth-order valence-corrected chi connectivity index (χ4v) is 3.05. The molecule has 1 N–H and O–H groups in total. The van der Waals surface area contributed by atoms with E-state index in [1.807, 2.05) is 30.3 Å². The van der Waals surface area contributed by atoms with Gasteiger partial charge < -0.3 is 10.1 Å². The standard InChI is InChI=1S/C21H26N2O2/c1-17(25-20-7-3-2-4-8-20)21(24)22-15-18-9-11-19(12-10-18)16-23-13-5-6-14-23/h2-4,7-12,17H,5-6,13-16H2,1H3,(H,22,24)/t17-/m0/s1. The molecule has 1 heterocycles. The molecule has 0 saturated carbocycles. The SMILES string of the molecule is C[C@H](Oc1ccccc1)C(=O)NCc1ccc(CN2CCCC2)cc1. The predicted molar refractivity (Wildman–Crippen MR) is 99.3 cm³/mol. The molecule has 0 spiro atoms. The fourth-order valence-electron chi connectivity index (χ4n) is 3.05. The van der Waals surface area contributed by atoms with Gasteiger partial charge in [-0.1, -0.05) is 42.5 Å². The van der Waals surface area contributed by atoms with Gasteiger partial charge in [0, 0.05) is 13.1 Å². The summed E-state index contributed by atoms with van der Waals surface area (Å²) >= 11 is 0. The Kier molecular flexibility index (Phi) is 6.07. The summed E-state index contributed by atoms with van der Waals surface area (Å²) < 4.78 is 5.64. The third kappa shape index (κ3) is 5.33. The van der Waals surface area contributed by atoms with Crippen molar-refractivity contribution in [1.29, 1.82) is 0 Å². The minimum atomic E-state index is -0.517. The number of amides is 1. The van der Waals surface area contributed by atoms with E-state index in [0.717, 1.165) is 12.1 Å². The molecule has 3 rings (SSSR count).